The standard InChI is InChI=1S/C16H15N3O2/c1-20-14-6-4-3-5-13(14)16(18)19-12-8-7-11(10-17)15(9-12)21-2/h3-9H,1-2H3,(H2,18,19). The summed E-state index contributed by atoms with van der Waals surface area (Å²) in [7, 11) is 3.07. The molecule has 106 valence electrons. The first-order valence-electron chi connectivity index (χ1n) is 6.26. The maximum absolute atomic E-state index is 8.96. The van der Waals surface area contributed by atoms with Crippen LogP contribution in [0.4, 0.5) is 5.69 Å². The van der Waals surface area contributed by atoms with Crippen molar-refractivity contribution in [2.75, 3.05) is 19.5 Å². The molecule has 0 bridgehead atoms. The molecule has 0 unspecified atom stereocenters. The van der Waals surface area contributed by atoms with Gasteiger partial charge in [-0.2, -0.15) is 5.26 Å². The fourth-order valence-electron chi connectivity index (χ4n) is 1.92. The molecule has 2 aromatic carbocycles. The van der Waals surface area contributed by atoms with Crippen LogP contribution in [0.25, 0.3) is 0 Å². The van der Waals surface area contributed by atoms with Crippen LogP contribution in [0.5, 0.6) is 11.5 Å². The second-order valence-electron chi connectivity index (χ2n) is 4.23. The molecular weight excluding hydrogens is 266 g/mol. The average Bonchev–Trinajstić information content (AvgIpc) is 2.54. The third-order valence-corrected chi connectivity index (χ3v) is 2.97. The summed E-state index contributed by atoms with van der Waals surface area (Å²) in [5.74, 6) is 1.30. The Hall–Kier alpha value is -3.00. The number of rotatable bonds is 4. The molecular formula is C16H15N3O2. The first kappa shape index (κ1) is 14.4. The molecule has 0 aliphatic rings. The van der Waals surface area contributed by atoms with Crippen molar-refractivity contribution in [3.63, 3.8) is 0 Å². The van der Waals surface area contributed by atoms with Crippen LogP contribution in [-0.4, -0.2) is 20.1 Å². The van der Waals surface area contributed by atoms with E-state index in [2.05, 4.69) is 11.4 Å². The lowest BCUT2D eigenvalue weighted by Crippen LogP contribution is -2.13. The molecule has 21 heavy (non-hydrogen) atoms. The Morgan fingerprint density at radius 2 is 1.81 bits per heavy atom. The molecule has 2 N–H and O–H groups in total. The van der Waals surface area contributed by atoms with Crippen LogP contribution in [0, 0.1) is 16.7 Å². The number of nitriles is 1. The lowest BCUT2D eigenvalue weighted by atomic mass is 10.1. The van der Waals surface area contributed by atoms with Crippen molar-refractivity contribution in [2.45, 2.75) is 0 Å². The molecule has 2 aromatic rings. The highest BCUT2D eigenvalue weighted by atomic mass is 16.5. The minimum Gasteiger partial charge on any atom is -0.496 e. The van der Waals surface area contributed by atoms with Crippen molar-refractivity contribution in [1.82, 2.24) is 0 Å². The van der Waals surface area contributed by atoms with Crippen LogP contribution in [0.15, 0.2) is 42.5 Å². The number of para-hydroxylation sites is 1. The summed E-state index contributed by atoms with van der Waals surface area (Å²) in [4.78, 5) is 0. The number of nitrogens with one attached hydrogen (secondary N) is 2. The summed E-state index contributed by atoms with van der Waals surface area (Å²) in [5, 5.41) is 20.1. The van der Waals surface area contributed by atoms with Crippen LogP contribution in [-0.2, 0) is 0 Å². The van der Waals surface area contributed by atoms with Gasteiger partial charge in [0.1, 0.15) is 23.4 Å². The third-order valence-electron chi connectivity index (χ3n) is 2.97. The Morgan fingerprint density at radius 3 is 2.48 bits per heavy atom. The Kier molecular flexibility index (Phi) is 4.42. The van der Waals surface area contributed by atoms with Crippen LogP contribution in [0.2, 0.25) is 0 Å². The first-order chi connectivity index (χ1) is 10.2. The van der Waals surface area contributed by atoms with Crippen molar-refractivity contribution in [3.05, 3.63) is 53.6 Å². The highest BCUT2D eigenvalue weighted by Gasteiger charge is 2.09. The zero-order valence-corrected chi connectivity index (χ0v) is 11.8. The lowest BCUT2D eigenvalue weighted by Gasteiger charge is -2.12. The fourth-order valence-corrected chi connectivity index (χ4v) is 1.92. The van der Waals surface area contributed by atoms with Crippen LogP contribution < -0.4 is 14.8 Å². The van der Waals surface area contributed by atoms with E-state index in [1.807, 2.05) is 12.1 Å². The van der Waals surface area contributed by atoms with E-state index < -0.39 is 0 Å². The molecule has 0 aromatic heterocycles. The number of amidine groups is 1. The molecule has 2 rings (SSSR count). The van der Waals surface area contributed by atoms with Gasteiger partial charge in [-0.25, -0.2) is 0 Å². The molecule has 0 heterocycles. The molecule has 0 spiro atoms. The zero-order chi connectivity index (χ0) is 15.2. The zero-order valence-electron chi connectivity index (χ0n) is 11.8. The molecule has 0 atom stereocenters. The van der Waals surface area contributed by atoms with Gasteiger partial charge in [-0.1, -0.05) is 12.1 Å². The van der Waals surface area contributed by atoms with Gasteiger partial charge in [0, 0.05) is 11.8 Å². The highest BCUT2D eigenvalue weighted by Crippen LogP contribution is 2.24. The summed E-state index contributed by atoms with van der Waals surface area (Å²) >= 11 is 0. The van der Waals surface area contributed by atoms with Crippen LogP contribution >= 0.6 is 0 Å². The molecule has 0 aliphatic heterocycles. The quantitative estimate of drug-likeness (QED) is 0.667. The predicted octanol–water partition coefficient (Wildman–Crippen LogP) is 3.01. The molecule has 0 aliphatic carbocycles. The second kappa shape index (κ2) is 6.44. The Labute approximate surface area is 123 Å². The second-order valence-corrected chi connectivity index (χ2v) is 4.23. The molecule has 0 radical (unpaired) electrons. The van der Waals surface area contributed by atoms with E-state index in [0.717, 1.165) is 0 Å². The predicted molar refractivity (Wildman–Crippen MR) is 81.2 cm³/mol. The van der Waals surface area contributed by atoms with Gasteiger partial charge in [0.2, 0.25) is 0 Å². The number of methoxy groups -OCH3 is 2. The van der Waals surface area contributed by atoms with E-state index in [1.54, 1.807) is 37.4 Å². The maximum atomic E-state index is 8.96. The van der Waals surface area contributed by atoms with Gasteiger partial charge in [0.15, 0.2) is 0 Å². The summed E-state index contributed by atoms with van der Waals surface area (Å²) in [6.45, 7) is 0. The van der Waals surface area contributed by atoms with E-state index in [0.29, 0.717) is 28.3 Å². The minimum absolute atomic E-state index is 0.208. The SMILES string of the molecule is COc1cc(NC(=N)c2ccccc2OC)ccc1C#N. The normalized spacial score (nSPS) is 9.57. The number of benzene rings is 2. The summed E-state index contributed by atoms with van der Waals surface area (Å²) in [6, 6.07) is 14.4. The highest BCUT2D eigenvalue weighted by molar-refractivity contribution is 6.08. The van der Waals surface area contributed by atoms with Crippen LogP contribution in [0.1, 0.15) is 11.1 Å². The third kappa shape index (κ3) is 3.12. The fraction of sp³-hybridized carbons (Fsp3) is 0.125. The van der Waals surface area contributed by atoms with Crippen molar-refractivity contribution in [1.29, 1.82) is 10.7 Å². The van der Waals surface area contributed by atoms with Gasteiger partial charge in [-0.3, -0.25) is 5.41 Å². The molecule has 0 saturated heterocycles. The molecule has 0 amide bonds. The summed E-state index contributed by atoms with van der Waals surface area (Å²) in [5.41, 5.74) is 1.77. The number of hydrogen-bond donors (Lipinski definition) is 2. The van der Waals surface area contributed by atoms with Crippen LogP contribution in [0.3, 0.4) is 0 Å². The largest absolute Gasteiger partial charge is 0.496 e. The Bertz CT molecular complexity index is 705. The number of ether oxygens (including phenoxy) is 2. The minimum atomic E-state index is 0.208. The van der Waals surface area contributed by atoms with E-state index in [4.69, 9.17) is 20.1 Å². The van der Waals surface area contributed by atoms with E-state index in [1.165, 1.54) is 7.11 Å². The first-order valence-corrected chi connectivity index (χ1v) is 6.26. The van der Waals surface area contributed by atoms with Crippen molar-refractivity contribution >= 4 is 11.5 Å². The number of hydrogen-bond acceptors (Lipinski definition) is 4. The average molecular weight is 281 g/mol. The summed E-state index contributed by atoms with van der Waals surface area (Å²) < 4.78 is 10.4. The van der Waals surface area contributed by atoms with Gasteiger partial charge < -0.3 is 14.8 Å². The van der Waals surface area contributed by atoms with Gasteiger partial charge in [-0.05, 0) is 24.3 Å². The van der Waals surface area contributed by atoms with Gasteiger partial charge >= 0.3 is 0 Å². The Balaban J connectivity index is 2.26. The molecule has 0 fully saturated rings. The topological polar surface area (TPSA) is 78.1 Å². The Morgan fingerprint density at radius 1 is 1.10 bits per heavy atom. The smallest absolute Gasteiger partial charge is 0.138 e. The van der Waals surface area contributed by atoms with Crippen molar-refractivity contribution in [3.8, 4) is 17.6 Å². The van der Waals surface area contributed by atoms with E-state index in [9.17, 15) is 0 Å². The van der Waals surface area contributed by atoms with E-state index >= 15 is 0 Å². The number of anilines is 1. The monoisotopic (exact) mass is 281 g/mol. The molecule has 5 nitrogen and oxygen atoms in total. The lowest BCUT2D eigenvalue weighted by molar-refractivity contribution is 0.413. The van der Waals surface area contributed by atoms with Gasteiger partial charge in [0.05, 0.1) is 25.3 Å². The van der Waals surface area contributed by atoms with Gasteiger partial charge in [0.25, 0.3) is 0 Å². The molecule has 5 heteroatoms. The van der Waals surface area contributed by atoms with E-state index in [-0.39, 0.29) is 5.84 Å². The number of nitrogens with zero attached hydrogens (tertiary/aromatic N) is 1. The summed E-state index contributed by atoms with van der Waals surface area (Å²) in [6.07, 6.45) is 0. The maximum Gasteiger partial charge on any atom is 0.138 e. The van der Waals surface area contributed by atoms with Crippen molar-refractivity contribution < 1.29 is 9.47 Å². The van der Waals surface area contributed by atoms with Crippen molar-refractivity contribution in [2.24, 2.45) is 0 Å². The molecule has 0 saturated carbocycles. The van der Waals surface area contributed by atoms with Gasteiger partial charge in [-0.15, -0.1) is 0 Å².